The average Bonchev–Trinajstić information content (AvgIpc) is 3.14. The van der Waals surface area contributed by atoms with Gasteiger partial charge in [0.05, 0.1) is 11.3 Å². The molecule has 5 N–H and O–H groups in total. The van der Waals surface area contributed by atoms with Gasteiger partial charge in [0.1, 0.15) is 27.7 Å². The number of fused-ring (bicyclic) bond motifs is 1. The number of thiophene rings is 1. The standard InChI is InChI=1S/C24H26N6O3S/c1-13(2)17-16(12-25)21(27)29-22-18(17)19(26)20(34-22)23(31)33-15-8-10-30(11-9-15)24(32)28-14-6-4-3-5-7-14/h3-7,13,15H,8-11,26H2,1-2H3,(H2,27,29)(H,28,32). The van der Waals surface area contributed by atoms with Crippen molar-refractivity contribution in [2.75, 3.05) is 29.9 Å². The second-order valence-electron chi connectivity index (χ2n) is 8.47. The molecule has 0 bridgehead atoms. The number of urea groups is 1. The minimum absolute atomic E-state index is 0.0328. The van der Waals surface area contributed by atoms with Crippen molar-refractivity contribution in [3.63, 3.8) is 0 Å². The van der Waals surface area contributed by atoms with Crippen LogP contribution in [-0.4, -0.2) is 41.1 Å². The Morgan fingerprint density at radius 3 is 2.53 bits per heavy atom. The van der Waals surface area contributed by atoms with Crippen molar-refractivity contribution < 1.29 is 14.3 Å². The van der Waals surface area contributed by atoms with Crippen LogP contribution < -0.4 is 16.8 Å². The van der Waals surface area contributed by atoms with Gasteiger partial charge in [-0.1, -0.05) is 32.0 Å². The maximum absolute atomic E-state index is 13.0. The predicted octanol–water partition coefficient (Wildman–Crippen LogP) is 4.31. The first-order valence-electron chi connectivity index (χ1n) is 11.0. The molecule has 1 fully saturated rings. The van der Waals surface area contributed by atoms with E-state index in [1.165, 1.54) is 0 Å². The second-order valence-corrected chi connectivity index (χ2v) is 9.46. The van der Waals surface area contributed by atoms with Crippen molar-refractivity contribution in [2.24, 2.45) is 0 Å². The van der Waals surface area contributed by atoms with E-state index in [-0.39, 0.29) is 40.0 Å². The summed E-state index contributed by atoms with van der Waals surface area (Å²) in [6.45, 7) is 4.82. The number of piperidine rings is 1. The van der Waals surface area contributed by atoms with Crippen LogP contribution in [0.4, 0.5) is 22.0 Å². The highest BCUT2D eigenvalue weighted by molar-refractivity contribution is 7.21. The Balaban J connectivity index is 1.45. The van der Waals surface area contributed by atoms with E-state index < -0.39 is 5.97 Å². The lowest BCUT2D eigenvalue weighted by Gasteiger charge is -2.31. The fourth-order valence-corrected chi connectivity index (χ4v) is 5.15. The van der Waals surface area contributed by atoms with Gasteiger partial charge in [0, 0.05) is 37.0 Å². The Bertz CT molecular complexity index is 1270. The Kier molecular flexibility index (Phi) is 6.56. The zero-order valence-electron chi connectivity index (χ0n) is 19.0. The summed E-state index contributed by atoms with van der Waals surface area (Å²) < 4.78 is 5.73. The first-order valence-corrected chi connectivity index (χ1v) is 11.8. The molecule has 3 aromatic rings. The van der Waals surface area contributed by atoms with Crippen LogP contribution in [0.25, 0.3) is 10.2 Å². The molecule has 0 aliphatic carbocycles. The molecule has 4 rings (SSSR count). The molecule has 2 amide bonds. The highest BCUT2D eigenvalue weighted by atomic mass is 32.1. The van der Waals surface area contributed by atoms with Gasteiger partial charge in [-0.25, -0.2) is 14.6 Å². The lowest BCUT2D eigenvalue weighted by Crippen LogP contribution is -2.43. The number of nitrogens with one attached hydrogen (secondary N) is 1. The third-order valence-electron chi connectivity index (χ3n) is 5.85. The number of anilines is 3. The van der Waals surface area contributed by atoms with Gasteiger partial charge in [-0.15, -0.1) is 11.3 Å². The molecule has 3 heterocycles. The third-order valence-corrected chi connectivity index (χ3v) is 6.93. The number of nitrogens with zero attached hydrogens (tertiary/aromatic N) is 3. The highest BCUT2D eigenvalue weighted by Gasteiger charge is 2.29. The Morgan fingerprint density at radius 2 is 1.91 bits per heavy atom. The van der Waals surface area contributed by atoms with E-state index in [1.807, 2.05) is 44.2 Å². The highest BCUT2D eigenvalue weighted by Crippen LogP contribution is 2.41. The minimum Gasteiger partial charge on any atom is -0.458 e. The quantitative estimate of drug-likeness (QED) is 0.473. The van der Waals surface area contributed by atoms with Crippen LogP contribution in [0.2, 0.25) is 0 Å². The zero-order valence-corrected chi connectivity index (χ0v) is 19.8. The first-order chi connectivity index (χ1) is 16.3. The predicted molar refractivity (Wildman–Crippen MR) is 133 cm³/mol. The molecule has 10 heteroatoms. The van der Waals surface area contributed by atoms with E-state index in [9.17, 15) is 14.9 Å². The number of carbonyl (C=O) groups excluding carboxylic acids is 2. The number of esters is 1. The molecule has 176 valence electrons. The lowest BCUT2D eigenvalue weighted by molar-refractivity contribution is 0.0164. The molecule has 0 spiro atoms. The molecule has 1 saturated heterocycles. The number of nitrogens with two attached hydrogens (primary N) is 2. The third kappa shape index (κ3) is 4.47. The van der Waals surface area contributed by atoms with Crippen LogP contribution in [-0.2, 0) is 4.74 Å². The van der Waals surface area contributed by atoms with Gasteiger partial charge < -0.3 is 26.4 Å². The number of rotatable bonds is 4. The van der Waals surface area contributed by atoms with Crippen LogP contribution in [0.15, 0.2) is 30.3 Å². The molecule has 9 nitrogen and oxygen atoms in total. The number of benzene rings is 1. The van der Waals surface area contributed by atoms with Crippen molar-refractivity contribution in [1.82, 2.24) is 9.88 Å². The number of para-hydroxylation sites is 1. The van der Waals surface area contributed by atoms with Gasteiger partial charge in [-0.05, 0) is 23.6 Å². The molecule has 34 heavy (non-hydrogen) atoms. The van der Waals surface area contributed by atoms with Crippen LogP contribution in [0.1, 0.15) is 53.4 Å². The summed E-state index contributed by atoms with van der Waals surface area (Å²) in [4.78, 5) is 32.2. The van der Waals surface area contributed by atoms with E-state index in [4.69, 9.17) is 16.2 Å². The summed E-state index contributed by atoms with van der Waals surface area (Å²) in [6.07, 6.45) is 0.731. The molecule has 1 aromatic carbocycles. The van der Waals surface area contributed by atoms with Crippen LogP contribution in [0.3, 0.4) is 0 Å². The minimum atomic E-state index is -0.528. The Morgan fingerprint density at radius 1 is 1.24 bits per heavy atom. The van der Waals surface area contributed by atoms with Gasteiger partial charge >= 0.3 is 12.0 Å². The topological polar surface area (TPSA) is 147 Å². The summed E-state index contributed by atoms with van der Waals surface area (Å²) in [6, 6.07) is 11.2. The van der Waals surface area contributed by atoms with Gasteiger partial charge in [0.2, 0.25) is 0 Å². The molecule has 1 aliphatic heterocycles. The molecular weight excluding hydrogens is 452 g/mol. The number of hydrogen-bond acceptors (Lipinski definition) is 8. The number of carbonyl (C=O) groups is 2. The van der Waals surface area contributed by atoms with Gasteiger partial charge in [0.15, 0.2) is 0 Å². The molecular formula is C24H26N6O3S. The maximum Gasteiger partial charge on any atom is 0.350 e. The van der Waals surface area contributed by atoms with Crippen molar-refractivity contribution in [1.29, 1.82) is 5.26 Å². The van der Waals surface area contributed by atoms with Crippen molar-refractivity contribution in [3.05, 3.63) is 46.3 Å². The normalized spacial score (nSPS) is 14.2. The Hall–Kier alpha value is -3.84. The summed E-state index contributed by atoms with van der Waals surface area (Å²) in [7, 11) is 0. The van der Waals surface area contributed by atoms with Crippen molar-refractivity contribution in [2.45, 2.75) is 38.7 Å². The molecule has 1 aliphatic rings. The number of nitriles is 1. The van der Waals surface area contributed by atoms with Crippen LogP contribution in [0, 0.1) is 11.3 Å². The Labute approximate surface area is 201 Å². The van der Waals surface area contributed by atoms with E-state index in [1.54, 1.807) is 4.90 Å². The van der Waals surface area contributed by atoms with Crippen molar-refractivity contribution >= 4 is 50.7 Å². The second kappa shape index (κ2) is 9.57. The van der Waals surface area contributed by atoms with Gasteiger partial charge in [-0.3, -0.25) is 0 Å². The zero-order chi connectivity index (χ0) is 24.4. The molecule has 0 atom stereocenters. The molecule has 0 saturated carbocycles. The fourth-order valence-electron chi connectivity index (χ4n) is 4.15. The smallest absolute Gasteiger partial charge is 0.350 e. The maximum atomic E-state index is 13.0. The van der Waals surface area contributed by atoms with E-state index >= 15 is 0 Å². The van der Waals surface area contributed by atoms with E-state index in [0.29, 0.717) is 41.7 Å². The summed E-state index contributed by atoms with van der Waals surface area (Å²) in [5.74, 6) is -0.435. The number of amides is 2. The van der Waals surface area contributed by atoms with Gasteiger partial charge in [-0.2, -0.15) is 5.26 Å². The molecule has 2 aromatic heterocycles. The average molecular weight is 479 g/mol. The summed E-state index contributed by atoms with van der Waals surface area (Å²) in [5.41, 5.74) is 14.3. The molecule has 0 unspecified atom stereocenters. The van der Waals surface area contributed by atoms with Crippen molar-refractivity contribution in [3.8, 4) is 6.07 Å². The number of nitrogen functional groups attached to an aromatic ring is 2. The SMILES string of the molecule is CC(C)c1c(C#N)c(N)nc2sc(C(=O)OC3CCN(C(=O)Nc4ccccc4)CC3)c(N)c12. The summed E-state index contributed by atoms with van der Waals surface area (Å²) in [5, 5.41) is 13.0. The largest absolute Gasteiger partial charge is 0.458 e. The lowest BCUT2D eigenvalue weighted by atomic mass is 9.95. The number of likely N-dealkylation sites (tertiary alicyclic amines) is 1. The van der Waals surface area contributed by atoms with Crippen LogP contribution in [0.5, 0.6) is 0 Å². The number of pyridine rings is 1. The fraction of sp³-hybridized carbons (Fsp3) is 0.333. The van der Waals surface area contributed by atoms with Crippen LogP contribution >= 0.6 is 11.3 Å². The summed E-state index contributed by atoms with van der Waals surface area (Å²) >= 11 is 1.12. The first kappa shape index (κ1) is 23.3. The van der Waals surface area contributed by atoms with E-state index in [0.717, 1.165) is 17.0 Å². The van der Waals surface area contributed by atoms with E-state index in [2.05, 4.69) is 16.4 Å². The monoisotopic (exact) mass is 478 g/mol. The number of aromatic nitrogens is 1. The number of hydrogen-bond donors (Lipinski definition) is 3. The molecule has 0 radical (unpaired) electrons. The number of ether oxygens (including phenoxy) is 1. The van der Waals surface area contributed by atoms with Gasteiger partial charge in [0.25, 0.3) is 0 Å².